The molecule has 0 saturated carbocycles. The third-order valence-electron chi connectivity index (χ3n) is 3.70. The van der Waals surface area contributed by atoms with Gasteiger partial charge in [0.2, 0.25) is 0 Å². The van der Waals surface area contributed by atoms with Gasteiger partial charge in [0.15, 0.2) is 0 Å². The predicted octanol–water partition coefficient (Wildman–Crippen LogP) is 2.71. The summed E-state index contributed by atoms with van der Waals surface area (Å²) in [5.74, 6) is 2.56. The van der Waals surface area contributed by atoms with Gasteiger partial charge in [0, 0.05) is 30.1 Å². The van der Waals surface area contributed by atoms with Crippen LogP contribution in [0, 0.1) is 0 Å². The van der Waals surface area contributed by atoms with Crippen LogP contribution in [0.15, 0.2) is 16.8 Å². The SMILES string of the molecule is CCNC(CCc1ccsc1)C1CSCCN1C. The molecule has 18 heavy (non-hydrogen) atoms. The number of hydrogen-bond acceptors (Lipinski definition) is 4. The van der Waals surface area contributed by atoms with Gasteiger partial charge in [-0.05, 0) is 48.8 Å². The first kappa shape index (κ1) is 14.4. The number of nitrogens with one attached hydrogen (secondary N) is 1. The van der Waals surface area contributed by atoms with Crippen molar-refractivity contribution in [2.24, 2.45) is 0 Å². The van der Waals surface area contributed by atoms with E-state index in [1.165, 1.54) is 36.5 Å². The van der Waals surface area contributed by atoms with Crippen LogP contribution in [-0.2, 0) is 6.42 Å². The summed E-state index contributed by atoms with van der Waals surface area (Å²) in [6.07, 6.45) is 2.45. The zero-order valence-electron chi connectivity index (χ0n) is 11.4. The summed E-state index contributed by atoms with van der Waals surface area (Å²) in [5, 5.41) is 8.15. The van der Waals surface area contributed by atoms with E-state index >= 15 is 0 Å². The molecule has 0 amide bonds. The van der Waals surface area contributed by atoms with E-state index in [4.69, 9.17) is 0 Å². The molecule has 1 N–H and O–H groups in total. The highest BCUT2D eigenvalue weighted by molar-refractivity contribution is 7.99. The molecular weight excluding hydrogens is 260 g/mol. The van der Waals surface area contributed by atoms with E-state index < -0.39 is 0 Å². The number of thiophene rings is 1. The molecule has 0 spiro atoms. The van der Waals surface area contributed by atoms with Crippen LogP contribution in [0.1, 0.15) is 18.9 Å². The van der Waals surface area contributed by atoms with Crippen LogP contribution in [0.2, 0.25) is 0 Å². The van der Waals surface area contributed by atoms with Crippen LogP contribution in [0.4, 0.5) is 0 Å². The highest BCUT2D eigenvalue weighted by atomic mass is 32.2. The van der Waals surface area contributed by atoms with Gasteiger partial charge in [0.05, 0.1) is 0 Å². The largest absolute Gasteiger partial charge is 0.313 e. The van der Waals surface area contributed by atoms with E-state index in [-0.39, 0.29) is 0 Å². The van der Waals surface area contributed by atoms with E-state index in [0.717, 1.165) is 6.54 Å². The van der Waals surface area contributed by atoms with Crippen molar-refractivity contribution >= 4 is 23.1 Å². The van der Waals surface area contributed by atoms with E-state index in [0.29, 0.717) is 12.1 Å². The molecule has 2 nitrogen and oxygen atoms in total. The smallest absolute Gasteiger partial charge is 0.0337 e. The van der Waals surface area contributed by atoms with Gasteiger partial charge in [-0.2, -0.15) is 23.1 Å². The number of rotatable bonds is 6. The normalized spacial score (nSPS) is 23.1. The maximum absolute atomic E-state index is 3.69. The Hall–Kier alpha value is -0.0300. The Morgan fingerprint density at radius 2 is 2.44 bits per heavy atom. The van der Waals surface area contributed by atoms with Crippen LogP contribution < -0.4 is 5.32 Å². The molecule has 1 fully saturated rings. The highest BCUT2D eigenvalue weighted by Gasteiger charge is 2.27. The fraction of sp³-hybridized carbons (Fsp3) is 0.714. The Morgan fingerprint density at radius 1 is 1.56 bits per heavy atom. The van der Waals surface area contributed by atoms with E-state index in [2.05, 4.69) is 52.8 Å². The zero-order valence-corrected chi connectivity index (χ0v) is 13.0. The Morgan fingerprint density at radius 3 is 3.11 bits per heavy atom. The van der Waals surface area contributed by atoms with E-state index in [9.17, 15) is 0 Å². The average molecular weight is 284 g/mol. The van der Waals surface area contributed by atoms with Gasteiger partial charge in [-0.1, -0.05) is 6.92 Å². The van der Waals surface area contributed by atoms with Gasteiger partial charge in [-0.3, -0.25) is 0 Å². The van der Waals surface area contributed by atoms with Crippen molar-refractivity contribution in [1.29, 1.82) is 0 Å². The maximum atomic E-state index is 3.69. The summed E-state index contributed by atoms with van der Waals surface area (Å²) in [4.78, 5) is 2.54. The molecule has 4 heteroatoms. The quantitative estimate of drug-likeness (QED) is 0.865. The summed E-state index contributed by atoms with van der Waals surface area (Å²) in [6, 6.07) is 3.59. The average Bonchev–Trinajstić information content (AvgIpc) is 2.88. The summed E-state index contributed by atoms with van der Waals surface area (Å²) in [5.41, 5.74) is 1.49. The van der Waals surface area contributed by atoms with Crippen LogP contribution in [0.3, 0.4) is 0 Å². The lowest BCUT2D eigenvalue weighted by molar-refractivity contribution is 0.209. The summed E-state index contributed by atoms with van der Waals surface area (Å²) in [6.45, 7) is 4.52. The molecule has 0 bridgehead atoms. The Kier molecular flexibility index (Phi) is 6.02. The lowest BCUT2D eigenvalue weighted by atomic mass is 10.0. The molecule has 1 saturated heterocycles. The number of thioether (sulfide) groups is 1. The van der Waals surface area contributed by atoms with Crippen molar-refractivity contribution in [3.05, 3.63) is 22.4 Å². The first-order valence-corrected chi connectivity index (χ1v) is 8.93. The third kappa shape index (κ3) is 3.98. The van der Waals surface area contributed by atoms with Gasteiger partial charge < -0.3 is 10.2 Å². The Balaban J connectivity index is 1.89. The summed E-state index contributed by atoms with van der Waals surface area (Å²) < 4.78 is 0. The minimum absolute atomic E-state index is 0.632. The maximum Gasteiger partial charge on any atom is 0.0337 e. The number of likely N-dealkylation sites (N-methyl/N-ethyl adjacent to an activating group) is 2. The fourth-order valence-corrected chi connectivity index (χ4v) is 4.59. The molecule has 1 aromatic heterocycles. The topological polar surface area (TPSA) is 15.3 Å². The van der Waals surface area contributed by atoms with Gasteiger partial charge in [-0.25, -0.2) is 0 Å². The molecule has 1 aromatic rings. The number of hydrogen-bond donors (Lipinski definition) is 1. The van der Waals surface area contributed by atoms with E-state index in [1.54, 1.807) is 11.3 Å². The van der Waals surface area contributed by atoms with Crippen molar-refractivity contribution in [2.45, 2.75) is 31.8 Å². The van der Waals surface area contributed by atoms with Crippen molar-refractivity contribution in [3.8, 4) is 0 Å². The molecule has 1 aliphatic heterocycles. The molecule has 1 aliphatic rings. The van der Waals surface area contributed by atoms with Gasteiger partial charge >= 0.3 is 0 Å². The molecule has 0 aromatic carbocycles. The summed E-state index contributed by atoms with van der Waals surface area (Å²) in [7, 11) is 2.28. The zero-order chi connectivity index (χ0) is 12.8. The number of aryl methyl sites for hydroxylation is 1. The fourth-order valence-electron chi connectivity index (χ4n) is 2.58. The minimum Gasteiger partial charge on any atom is -0.313 e. The summed E-state index contributed by atoms with van der Waals surface area (Å²) >= 11 is 3.91. The van der Waals surface area contributed by atoms with Crippen LogP contribution in [0.5, 0.6) is 0 Å². The minimum atomic E-state index is 0.632. The number of nitrogens with zero attached hydrogens (tertiary/aromatic N) is 1. The van der Waals surface area contributed by atoms with Gasteiger partial charge in [0.25, 0.3) is 0 Å². The lowest BCUT2D eigenvalue weighted by Crippen LogP contribution is -2.52. The molecule has 2 unspecified atom stereocenters. The highest BCUT2D eigenvalue weighted by Crippen LogP contribution is 2.20. The van der Waals surface area contributed by atoms with Gasteiger partial charge in [-0.15, -0.1) is 0 Å². The second-order valence-corrected chi connectivity index (χ2v) is 6.89. The second-order valence-electron chi connectivity index (χ2n) is 4.96. The second kappa shape index (κ2) is 7.53. The van der Waals surface area contributed by atoms with Crippen molar-refractivity contribution in [1.82, 2.24) is 10.2 Å². The third-order valence-corrected chi connectivity index (χ3v) is 5.48. The molecule has 2 atom stereocenters. The Labute approximate surface area is 119 Å². The van der Waals surface area contributed by atoms with Crippen LogP contribution >= 0.6 is 23.1 Å². The van der Waals surface area contributed by atoms with Crippen molar-refractivity contribution in [3.63, 3.8) is 0 Å². The molecule has 2 heterocycles. The lowest BCUT2D eigenvalue weighted by Gasteiger charge is -2.38. The predicted molar refractivity (Wildman–Crippen MR) is 83.8 cm³/mol. The van der Waals surface area contributed by atoms with E-state index in [1.807, 2.05) is 0 Å². The molecular formula is C14H24N2S2. The van der Waals surface area contributed by atoms with Crippen molar-refractivity contribution < 1.29 is 0 Å². The van der Waals surface area contributed by atoms with Crippen LogP contribution in [-0.4, -0.2) is 48.6 Å². The molecule has 2 rings (SSSR count). The monoisotopic (exact) mass is 284 g/mol. The standard InChI is InChI=1S/C14H24N2S2/c1-3-15-13(5-4-12-6-8-17-10-12)14-11-18-9-7-16(14)2/h6,8,10,13-15H,3-5,7,9,11H2,1-2H3. The Bertz CT molecular complexity index is 327. The molecule has 0 aliphatic carbocycles. The van der Waals surface area contributed by atoms with Gasteiger partial charge in [0.1, 0.15) is 0 Å². The molecule has 102 valence electrons. The first-order valence-electron chi connectivity index (χ1n) is 6.83. The van der Waals surface area contributed by atoms with Crippen molar-refractivity contribution in [2.75, 3.05) is 31.6 Å². The first-order chi connectivity index (χ1) is 8.81. The molecule has 0 radical (unpaired) electrons. The van der Waals surface area contributed by atoms with Crippen LogP contribution in [0.25, 0.3) is 0 Å².